The van der Waals surface area contributed by atoms with Gasteiger partial charge in [-0.2, -0.15) is 0 Å². The molecule has 0 unspecified atom stereocenters. The molecule has 0 spiro atoms. The Morgan fingerprint density at radius 3 is 2.12 bits per heavy atom. The van der Waals surface area contributed by atoms with Gasteiger partial charge < -0.3 is 10.2 Å². The summed E-state index contributed by atoms with van der Waals surface area (Å²) in [7, 11) is 0. The first-order valence-electron chi connectivity index (χ1n) is 8.81. The predicted molar refractivity (Wildman–Crippen MR) is 103 cm³/mol. The van der Waals surface area contributed by atoms with Gasteiger partial charge >= 0.3 is 0 Å². The molecular weight excluding hydrogens is 328 g/mol. The van der Waals surface area contributed by atoms with Gasteiger partial charge in [0.1, 0.15) is 0 Å². The van der Waals surface area contributed by atoms with E-state index in [-0.39, 0.29) is 17.3 Å². The van der Waals surface area contributed by atoms with Crippen molar-refractivity contribution in [2.24, 2.45) is 0 Å². The molecule has 0 aliphatic rings. The van der Waals surface area contributed by atoms with Crippen LogP contribution in [0.15, 0.2) is 18.2 Å². The normalized spacial score (nSPS) is 10.5. The number of carbonyl (C=O) groups excluding carboxylic acids is 2. The van der Waals surface area contributed by atoms with E-state index in [0.29, 0.717) is 30.2 Å². The zero-order valence-electron chi connectivity index (χ0n) is 16.3. The van der Waals surface area contributed by atoms with Crippen LogP contribution in [-0.2, 0) is 0 Å². The molecule has 0 aliphatic heterocycles. The summed E-state index contributed by atoms with van der Waals surface area (Å²) in [6.45, 7) is 12.3. The fourth-order valence-electron chi connectivity index (χ4n) is 2.62. The van der Waals surface area contributed by atoms with Crippen molar-refractivity contribution in [2.45, 2.75) is 41.5 Å². The number of hydrogen-bond acceptors (Lipinski definition) is 4. The number of rotatable bonds is 5. The number of nitrogens with one attached hydrogen (secondary N) is 1. The molecule has 0 radical (unpaired) electrons. The first-order valence-corrected chi connectivity index (χ1v) is 8.81. The van der Waals surface area contributed by atoms with Gasteiger partial charge in [0.2, 0.25) is 0 Å². The van der Waals surface area contributed by atoms with Crippen molar-refractivity contribution in [2.75, 3.05) is 18.4 Å². The fraction of sp³-hybridized carbons (Fsp3) is 0.400. The van der Waals surface area contributed by atoms with E-state index < -0.39 is 5.91 Å². The highest BCUT2D eigenvalue weighted by Gasteiger charge is 2.25. The van der Waals surface area contributed by atoms with Crippen molar-refractivity contribution in [3.63, 3.8) is 0 Å². The molecule has 0 bridgehead atoms. The number of nitrogens with zero attached hydrogens (tertiary/aromatic N) is 3. The van der Waals surface area contributed by atoms with Gasteiger partial charge in [-0.1, -0.05) is 12.1 Å². The topological polar surface area (TPSA) is 75.2 Å². The van der Waals surface area contributed by atoms with E-state index in [9.17, 15) is 9.59 Å². The highest BCUT2D eigenvalue weighted by Crippen LogP contribution is 2.19. The molecule has 0 aliphatic carbocycles. The monoisotopic (exact) mass is 354 g/mol. The summed E-state index contributed by atoms with van der Waals surface area (Å²) in [5.74, 6) is -0.707. The van der Waals surface area contributed by atoms with Gasteiger partial charge in [0, 0.05) is 18.8 Å². The minimum atomic E-state index is -0.426. The molecular formula is C20H26N4O2. The second-order valence-electron chi connectivity index (χ2n) is 6.34. The zero-order valence-corrected chi connectivity index (χ0v) is 16.3. The lowest BCUT2D eigenvalue weighted by molar-refractivity contribution is 0.0760. The average Bonchev–Trinajstić information content (AvgIpc) is 2.61. The summed E-state index contributed by atoms with van der Waals surface area (Å²) in [5.41, 5.74) is 4.12. The molecule has 2 aromatic rings. The van der Waals surface area contributed by atoms with Crippen LogP contribution in [0.25, 0.3) is 0 Å². The molecule has 6 heteroatoms. The molecule has 1 N–H and O–H groups in total. The maximum absolute atomic E-state index is 12.9. The lowest BCUT2D eigenvalue weighted by atomic mass is 10.1. The number of benzene rings is 1. The molecule has 1 aromatic heterocycles. The maximum Gasteiger partial charge on any atom is 0.276 e. The van der Waals surface area contributed by atoms with Crippen LogP contribution in [0.5, 0.6) is 0 Å². The van der Waals surface area contributed by atoms with Crippen LogP contribution in [0.2, 0.25) is 0 Å². The van der Waals surface area contributed by atoms with E-state index >= 15 is 0 Å². The summed E-state index contributed by atoms with van der Waals surface area (Å²) < 4.78 is 0. The Morgan fingerprint density at radius 2 is 1.54 bits per heavy atom. The predicted octanol–water partition coefficient (Wildman–Crippen LogP) is 3.44. The van der Waals surface area contributed by atoms with Crippen molar-refractivity contribution >= 4 is 17.5 Å². The molecule has 1 heterocycles. The third-order valence-corrected chi connectivity index (χ3v) is 4.42. The first kappa shape index (κ1) is 19.6. The van der Waals surface area contributed by atoms with E-state index in [4.69, 9.17) is 0 Å². The SMILES string of the molecule is CCN(CC)C(=O)c1nc(C)c(C)nc1C(=O)Nc1cc(C)ccc1C. The van der Waals surface area contributed by atoms with Gasteiger partial charge in [-0.25, -0.2) is 9.97 Å². The van der Waals surface area contributed by atoms with Crippen LogP contribution in [-0.4, -0.2) is 39.8 Å². The Kier molecular flexibility index (Phi) is 6.08. The van der Waals surface area contributed by atoms with Crippen molar-refractivity contribution in [1.82, 2.24) is 14.9 Å². The summed E-state index contributed by atoms with van der Waals surface area (Å²) in [6, 6.07) is 5.82. The molecule has 2 rings (SSSR count). The number of carbonyl (C=O) groups is 2. The van der Waals surface area contributed by atoms with Crippen LogP contribution in [0.4, 0.5) is 5.69 Å². The standard InChI is InChI=1S/C20H26N4O2/c1-7-24(8-2)20(26)18-17(21-14(5)15(6)22-18)19(25)23-16-11-12(3)9-10-13(16)4/h9-11H,7-8H2,1-6H3,(H,23,25). The number of aryl methyl sites for hydroxylation is 4. The van der Waals surface area contributed by atoms with Crippen LogP contribution in [0.1, 0.15) is 57.3 Å². The smallest absolute Gasteiger partial charge is 0.276 e. The molecule has 1 aromatic carbocycles. The van der Waals surface area contributed by atoms with E-state index in [1.54, 1.807) is 18.7 Å². The minimum absolute atomic E-state index is 0.0610. The molecule has 6 nitrogen and oxygen atoms in total. The summed E-state index contributed by atoms with van der Waals surface area (Å²) in [6.07, 6.45) is 0. The Labute approximate surface area is 154 Å². The van der Waals surface area contributed by atoms with Crippen LogP contribution in [0.3, 0.4) is 0 Å². The Morgan fingerprint density at radius 1 is 0.962 bits per heavy atom. The van der Waals surface area contributed by atoms with Crippen molar-refractivity contribution in [3.8, 4) is 0 Å². The van der Waals surface area contributed by atoms with Crippen LogP contribution in [0, 0.1) is 27.7 Å². The quantitative estimate of drug-likeness (QED) is 0.892. The van der Waals surface area contributed by atoms with Crippen LogP contribution >= 0.6 is 0 Å². The van der Waals surface area contributed by atoms with E-state index in [1.807, 2.05) is 45.9 Å². The zero-order chi connectivity index (χ0) is 19.4. The van der Waals surface area contributed by atoms with Gasteiger partial charge in [-0.3, -0.25) is 9.59 Å². The molecule has 0 saturated heterocycles. The van der Waals surface area contributed by atoms with E-state index in [0.717, 1.165) is 11.1 Å². The summed E-state index contributed by atoms with van der Waals surface area (Å²) in [4.78, 5) is 36.1. The molecule has 0 saturated carbocycles. The lowest BCUT2D eigenvalue weighted by Crippen LogP contribution is -2.34. The van der Waals surface area contributed by atoms with Gasteiger partial charge in [0.15, 0.2) is 11.4 Å². The van der Waals surface area contributed by atoms with E-state index in [2.05, 4.69) is 15.3 Å². The molecule has 138 valence electrons. The highest BCUT2D eigenvalue weighted by molar-refractivity contribution is 6.10. The summed E-state index contributed by atoms with van der Waals surface area (Å²) in [5, 5.41) is 2.87. The second-order valence-corrected chi connectivity index (χ2v) is 6.34. The highest BCUT2D eigenvalue weighted by atomic mass is 16.2. The lowest BCUT2D eigenvalue weighted by Gasteiger charge is -2.20. The third kappa shape index (κ3) is 4.07. The molecule has 0 fully saturated rings. The largest absolute Gasteiger partial charge is 0.338 e. The number of anilines is 1. The minimum Gasteiger partial charge on any atom is -0.338 e. The molecule has 26 heavy (non-hydrogen) atoms. The first-order chi connectivity index (χ1) is 12.3. The molecule has 0 atom stereocenters. The van der Waals surface area contributed by atoms with Crippen molar-refractivity contribution < 1.29 is 9.59 Å². The summed E-state index contributed by atoms with van der Waals surface area (Å²) >= 11 is 0. The average molecular weight is 354 g/mol. The van der Waals surface area contributed by atoms with Gasteiger partial charge in [-0.15, -0.1) is 0 Å². The van der Waals surface area contributed by atoms with E-state index in [1.165, 1.54) is 0 Å². The number of aromatic nitrogens is 2. The Bertz CT molecular complexity index is 842. The molecule has 2 amide bonds. The van der Waals surface area contributed by atoms with Gasteiger partial charge in [0.25, 0.3) is 11.8 Å². The van der Waals surface area contributed by atoms with Gasteiger partial charge in [-0.05, 0) is 58.7 Å². The van der Waals surface area contributed by atoms with Crippen LogP contribution < -0.4 is 5.32 Å². The van der Waals surface area contributed by atoms with Gasteiger partial charge in [0.05, 0.1) is 11.4 Å². The number of amides is 2. The maximum atomic E-state index is 12.9. The Hall–Kier alpha value is -2.76. The third-order valence-electron chi connectivity index (χ3n) is 4.42. The van der Waals surface area contributed by atoms with Crippen molar-refractivity contribution in [3.05, 3.63) is 52.1 Å². The number of hydrogen-bond donors (Lipinski definition) is 1. The van der Waals surface area contributed by atoms with Crippen molar-refractivity contribution in [1.29, 1.82) is 0 Å². The fourth-order valence-corrected chi connectivity index (χ4v) is 2.62. The Balaban J connectivity index is 2.47. The second kappa shape index (κ2) is 8.08.